The van der Waals surface area contributed by atoms with E-state index >= 15 is 0 Å². The Morgan fingerprint density at radius 1 is 1.35 bits per heavy atom. The molecule has 6 nitrogen and oxygen atoms in total. The number of guanidine groups is 1. The van der Waals surface area contributed by atoms with Gasteiger partial charge in [-0.15, -0.1) is 24.0 Å². The zero-order valence-electron chi connectivity index (χ0n) is 15.3. The van der Waals surface area contributed by atoms with Crippen LogP contribution in [-0.4, -0.2) is 73.5 Å². The molecule has 2 atom stereocenters. The molecular formula is C16H34IN5O. The van der Waals surface area contributed by atoms with Crippen molar-refractivity contribution in [3.63, 3.8) is 0 Å². The highest BCUT2D eigenvalue weighted by molar-refractivity contribution is 14.0. The van der Waals surface area contributed by atoms with Gasteiger partial charge in [0.1, 0.15) is 0 Å². The van der Waals surface area contributed by atoms with Crippen LogP contribution in [-0.2, 0) is 4.79 Å². The highest BCUT2D eigenvalue weighted by Gasteiger charge is 2.25. The van der Waals surface area contributed by atoms with E-state index in [2.05, 4.69) is 41.3 Å². The molecule has 0 radical (unpaired) electrons. The number of hydrogen-bond acceptors (Lipinski definition) is 3. The molecule has 2 N–H and O–H groups in total. The van der Waals surface area contributed by atoms with Crippen molar-refractivity contribution in [3.05, 3.63) is 0 Å². The summed E-state index contributed by atoms with van der Waals surface area (Å²) in [6, 6.07) is 0.765. The Morgan fingerprint density at radius 3 is 2.52 bits per heavy atom. The second-order valence-electron chi connectivity index (χ2n) is 5.85. The maximum atomic E-state index is 11.7. The standard InChI is InChI=1S/C16H33N5O.HI/c1-6-15(22)21-10-9-14(12-21)19-16(17-5)18-11-13(4)20(7-2)8-3;/h13-14H,6-12H2,1-5H3,(H2,17,18,19);1H. The molecule has 1 saturated heterocycles. The summed E-state index contributed by atoms with van der Waals surface area (Å²) in [6.45, 7) is 13.1. The number of carbonyl (C=O) groups excluding carboxylic acids is 1. The molecule has 0 bridgehead atoms. The van der Waals surface area contributed by atoms with Crippen LogP contribution in [0.15, 0.2) is 4.99 Å². The first-order valence-corrected chi connectivity index (χ1v) is 8.54. The first kappa shape index (κ1) is 22.4. The van der Waals surface area contributed by atoms with E-state index in [1.54, 1.807) is 7.05 Å². The van der Waals surface area contributed by atoms with Gasteiger partial charge in [-0.2, -0.15) is 0 Å². The largest absolute Gasteiger partial charge is 0.355 e. The van der Waals surface area contributed by atoms with Crippen molar-refractivity contribution in [1.82, 2.24) is 20.4 Å². The lowest BCUT2D eigenvalue weighted by Crippen LogP contribution is -2.49. The number of carbonyl (C=O) groups is 1. The summed E-state index contributed by atoms with van der Waals surface area (Å²) in [7, 11) is 1.79. The number of nitrogens with one attached hydrogen (secondary N) is 2. The van der Waals surface area contributed by atoms with Crippen LogP contribution in [0.25, 0.3) is 0 Å². The van der Waals surface area contributed by atoms with E-state index < -0.39 is 0 Å². The van der Waals surface area contributed by atoms with Crippen molar-refractivity contribution in [1.29, 1.82) is 0 Å². The van der Waals surface area contributed by atoms with E-state index in [4.69, 9.17) is 0 Å². The minimum absolute atomic E-state index is 0. The Bertz CT molecular complexity index is 373. The van der Waals surface area contributed by atoms with Crippen molar-refractivity contribution < 1.29 is 4.79 Å². The fourth-order valence-electron chi connectivity index (χ4n) is 2.94. The number of nitrogens with zero attached hydrogens (tertiary/aromatic N) is 3. The third-order valence-electron chi connectivity index (χ3n) is 4.41. The predicted octanol–water partition coefficient (Wildman–Crippen LogP) is 1.51. The number of hydrogen-bond donors (Lipinski definition) is 2. The molecule has 1 rings (SSSR count). The van der Waals surface area contributed by atoms with Gasteiger partial charge in [-0.05, 0) is 26.4 Å². The summed E-state index contributed by atoms with van der Waals surface area (Å²) in [4.78, 5) is 20.4. The minimum atomic E-state index is 0. The Kier molecular flexibility index (Phi) is 11.6. The number of amides is 1. The Labute approximate surface area is 158 Å². The summed E-state index contributed by atoms with van der Waals surface area (Å²) >= 11 is 0. The average Bonchev–Trinajstić information content (AvgIpc) is 3.00. The third-order valence-corrected chi connectivity index (χ3v) is 4.41. The first-order valence-electron chi connectivity index (χ1n) is 8.54. The topological polar surface area (TPSA) is 60.0 Å². The zero-order chi connectivity index (χ0) is 16.5. The molecule has 1 amide bonds. The Balaban J connectivity index is 0.00000484. The van der Waals surface area contributed by atoms with Gasteiger partial charge in [-0.1, -0.05) is 20.8 Å². The number of halogens is 1. The minimum Gasteiger partial charge on any atom is -0.355 e. The van der Waals surface area contributed by atoms with E-state index in [9.17, 15) is 4.79 Å². The van der Waals surface area contributed by atoms with Crippen LogP contribution in [0.1, 0.15) is 40.5 Å². The lowest BCUT2D eigenvalue weighted by atomic mass is 10.2. The lowest BCUT2D eigenvalue weighted by Gasteiger charge is -2.27. The molecule has 1 heterocycles. The van der Waals surface area contributed by atoms with E-state index in [1.165, 1.54) is 0 Å². The van der Waals surface area contributed by atoms with Crippen molar-refractivity contribution in [2.45, 2.75) is 52.6 Å². The van der Waals surface area contributed by atoms with E-state index in [0.29, 0.717) is 18.5 Å². The molecule has 0 spiro atoms. The normalized spacial score (nSPS) is 19.5. The maximum absolute atomic E-state index is 11.7. The highest BCUT2D eigenvalue weighted by Crippen LogP contribution is 2.10. The Hall–Kier alpha value is -0.570. The van der Waals surface area contributed by atoms with Crippen molar-refractivity contribution in [3.8, 4) is 0 Å². The highest BCUT2D eigenvalue weighted by atomic mass is 127. The molecule has 0 aromatic heterocycles. The van der Waals surface area contributed by atoms with Gasteiger partial charge in [0.25, 0.3) is 0 Å². The van der Waals surface area contributed by atoms with Crippen LogP contribution in [0.2, 0.25) is 0 Å². The fourth-order valence-corrected chi connectivity index (χ4v) is 2.94. The average molecular weight is 439 g/mol. The second-order valence-corrected chi connectivity index (χ2v) is 5.85. The third kappa shape index (κ3) is 7.24. The Morgan fingerprint density at radius 2 is 2.00 bits per heavy atom. The molecule has 1 aliphatic heterocycles. The van der Waals surface area contributed by atoms with Crippen molar-refractivity contribution in [2.75, 3.05) is 39.8 Å². The van der Waals surface area contributed by atoms with Crippen LogP contribution >= 0.6 is 24.0 Å². The summed E-state index contributed by atoms with van der Waals surface area (Å²) in [5.41, 5.74) is 0. The molecule has 0 aliphatic carbocycles. The van der Waals surface area contributed by atoms with Crippen LogP contribution in [0.3, 0.4) is 0 Å². The molecular weight excluding hydrogens is 405 g/mol. The van der Waals surface area contributed by atoms with Crippen LogP contribution in [0.4, 0.5) is 0 Å². The second kappa shape index (κ2) is 11.9. The van der Waals surface area contributed by atoms with Gasteiger partial charge in [0.05, 0.1) is 0 Å². The van der Waals surface area contributed by atoms with Crippen molar-refractivity contribution >= 4 is 35.8 Å². The lowest BCUT2D eigenvalue weighted by molar-refractivity contribution is -0.129. The quantitative estimate of drug-likeness (QED) is 0.359. The molecule has 23 heavy (non-hydrogen) atoms. The summed E-state index contributed by atoms with van der Waals surface area (Å²) < 4.78 is 0. The molecule has 136 valence electrons. The van der Waals surface area contributed by atoms with Gasteiger partial charge in [0, 0.05) is 45.2 Å². The number of aliphatic imine (C=N–C) groups is 1. The smallest absolute Gasteiger partial charge is 0.222 e. The van der Waals surface area contributed by atoms with E-state index in [-0.39, 0.29) is 29.9 Å². The number of likely N-dealkylation sites (tertiary alicyclic amines) is 1. The van der Waals surface area contributed by atoms with Crippen molar-refractivity contribution in [2.24, 2.45) is 4.99 Å². The number of rotatable bonds is 7. The van der Waals surface area contributed by atoms with Gasteiger partial charge in [0.2, 0.25) is 5.91 Å². The molecule has 0 aromatic rings. The number of likely N-dealkylation sites (N-methyl/N-ethyl adjacent to an activating group) is 1. The molecule has 0 aromatic carbocycles. The van der Waals surface area contributed by atoms with Gasteiger partial charge < -0.3 is 15.5 Å². The maximum Gasteiger partial charge on any atom is 0.222 e. The predicted molar refractivity (Wildman–Crippen MR) is 108 cm³/mol. The zero-order valence-corrected chi connectivity index (χ0v) is 17.6. The molecule has 7 heteroatoms. The van der Waals surface area contributed by atoms with Gasteiger partial charge >= 0.3 is 0 Å². The molecule has 2 unspecified atom stereocenters. The molecule has 1 fully saturated rings. The van der Waals surface area contributed by atoms with Gasteiger partial charge in [-0.25, -0.2) is 0 Å². The van der Waals surface area contributed by atoms with E-state index in [0.717, 1.165) is 45.1 Å². The summed E-state index contributed by atoms with van der Waals surface area (Å²) in [5.74, 6) is 1.07. The SMILES string of the molecule is CCC(=O)N1CCC(NC(=NC)NCC(C)N(CC)CC)C1.I. The fraction of sp³-hybridized carbons (Fsp3) is 0.875. The van der Waals surface area contributed by atoms with E-state index in [1.807, 2.05) is 11.8 Å². The van der Waals surface area contributed by atoms with Crippen LogP contribution < -0.4 is 10.6 Å². The van der Waals surface area contributed by atoms with Crippen LogP contribution in [0, 0.1) is 0 Å². The summed E-state index contributed by atoms with van der Waals surface area (Å²) in [6.07, 6.45) is 1.57. The van der Waals surface area contributed by atoms with Gasteiger partial charge in [-0.3, -0.25) is 14.7 Å². The summed E-state index contributed by atoms with van der Waals surface area (Å²) in [5, 5.41) is 6.83. The molecule has 1 aliphatic rings. The van der Waals surface area contributed by atoms with Crippen LogP contribution in [0.5, 0.6) is 0 Å². The molecule has 0 saturated carbocycles. The van der Waals surface area contributed by atoms with Gasteiger partial charge in [0.15, 0.2) is 5.96 Å². The monoisotopic (exact) mass is 439 g/mol. The first-order chi connectivity index (χ1) is 10.5.